The molecule has 21 heavy (non-hydrogen) atoms. The van der Waals surface area contributed by atoms with Gasteiger partial charge in [-0.05, 0) is 37.0 Å². The van der Waals surface area contributed by atoms with E-state index in [9.17, 15) is 4.79 Å². The van der Waals surface area contributed by atoms with Crippen LogP contribution in [0.4, 0.5) is 0 Å². The molecule has 120 valence electrons. The van der Waals surface area contributed by atoms with Crippen LogP contribution in [0.1, 0.15) is 78.6 Å². The van der Waals surface area contributed by atoms with Crippen LogP contribution in [0.3, 0.4) is 0 Å². The summed E-state index contributed by atoms with van der Waals surface area (Å²) in [4.78, 5) is 12.5. The van der Waals surface area contributed by atoms with Gasteiger partial charge in [0.25, 0.3) is 0 Å². The average Bonchev–Trinajstić information content (AvgIpc) is 2.48. The standard InChI is InChI=1S/C19H32O2/c1-18(2)12-8-9-13-19(18,3)16(17(20)21-4)14-15-10-6-5-7-11-15/h14-15H,5-13H2,1-4H3. The van der Waals surface area contributed by atoms with E-state index in [1.54, 1.807) is 0 Å². The number of methoxy groups -OCH3 is 1. The molecular formula is C19H32O2. The number of hydrogen-bond donors (Lipinski definition) is 0. The van der Waals surface area contributed by atoms with Gasteiger partial charge in [-0.2, -0.15) is 0 Å². The van der Waals surface area contributed by atoms with Crippen LogP contribution in [0.15, 0.2) is 11.6 Å². The topological polar surface area (TPSA) is 26.3 Å². The third kappa shape index (κ3) is 3.35. The lowest BCUT2D eigenvalue weighted by molar-refractivity contribution is -0.139. The third-order valence-corrected chi connectivity index (χ3v) is 6.27. The van der Waals surface area contributed by atoms with E-state index in [1.807, 2.05) is 0 Å². The van der Waals surface area contributed by atoms with Gasteiger partial charge < -0.3 is 4.74 Å². The molecule has 0 saturated heterocycles. The fourth-order valence-corrected chi connectivity index (χ4v) is 4.28. The van der Waals surface area contributed by atoms with Crippen molar-refractivity contribution in [3.05, 3.63) is 11.6 Å². The Kier molecular flexibility index (Phi) is 5.16. The summed E-state index contributed by atoms with van der Waals surface area (Å²) >= 11 is 0. The van der Waals surface area contributed by atoms with Crippen LogP contribution in [-0.2, 0) is 9.53 Å². The van der Waals surface area contributed by atoms with Crippen LogP contribution in [0.25, 0.3) is 0 Å². The van der Waals surface area contributed by atoms with Gasteiger partial charge in [0.15, 0.2) is 0 Å². The molecule has 0 aliphatic heterocycles. The van der Waals surface area contributed by atoms with Crippen LogP contribution in [0.2, 0.25) is 0 Å². The Morgan fingerprint density at radius 1 is 1.00 bits per heavy atom. The monoisotopic (exact) mass is 292 g/mol. The van der Waals surface area contributed by atoms with E-state index in [1.165, 1.54) is 58.5 Å². The van der Waals surface area contributed by atoms with E-state index in [0.29, 0.717) is 5.92 Å². The predicted octanol–water partition coefficient (Wildman–Crippen LogP) is 5.27. The highest BCUT2D eigenvalue weighted by Crippen LogP contribution is 2.55. The first kappa shape index (κ1) is 16.6. The molecule has 0 aromatic carbocycles. The van der Waals surface area contributed by atoms with Crippen molar-refractivity contribution in [1.82, 2.24) is 0 Å². The predicted molar refractivity (Wildman–Crippen MR) is 87.0 cm³/mol. The first-order valence-electron chi connectivity index (χ1n) is 8.71. The third-order valence-electron chi connectivity index (χ3n) is 6.27. The van der Waals surface area contributed by atoms with E-state index in [2.05, 4.69) is 26.8 Å². The lowest BCUT2D eigenvalue weighted by atomic mass is 9.55. The summed E-state index contributed by atoms with van der Waals surface area (Å²) in [6.45, 7) is 6.94. The normalized spacial score (nSPS) is 31.0. The molecule has 2 aliphatic rings. The highest BCUT2D eigenvalue weighted by atomic mass is 16.5. The van der Waals surface area contributed by atoms with Crippen LogP contribution in [0.5, 0.6) is 0 Å². The Bertz CT molecular complexity index is 402. The first-order chi connectivity index (χ1) is 9.90. The molecule has 0 spiro atoms. The van der Waals surface area contributed by atoms with Crippen LogP contribution in [-0.4, -0.2) is 13.1 Å². The largest absolute Gasteiger partial charge is 0.466 e. The van der Waals surface area contributed by atoms with Crippen molar-refractivity contribution in [1.29, 1.82) is 0 Å². The van der Waals surface area contributed by atoms with Gasteiger partial charge in [0.05, 0.1) is 7.11 Å². The molecule has 1 atom stereocenters. The Balaban J connectivity index is 2.34. The van der Waals surface area contributed by atoms with E-state index >= 15 is 0 Å². The number of hydrogen-bond acceptors (Lipinski definition) is 2. The van der Waals surface area contributed by atoms with Gasteiger partial charge >= 0.3 is 5.97 Å². The molecule has 0 bridgehead atoms. The Morgan fingerprint density at radius 3 is 2.19 bits per heavy atom. The van der Waals surface area contributed by atoms with Crippen molar-refractivity contribution in [3.63, 3.8) is 0 Å². The van der Waals surface area contributed by atoms with Gasteiger partial charge in [0.2, 0.25) is 0 Å². The van der Waals surface area contributed by atoms with Crippen molar-refractivity contribution in [3.8, 4) is 0 Å². The number of esters is 1. The van der Waals surface area contributed by atoms with Gasteiger partial charge in [0, 0.05) is 11.0 Å². The summed E-state index contributed by atoms with van der Waals surface area (Å²) < 4.78 is 5.16. The molecule has 2 fully saturated rings. The second-order valence-electron chi connectivity index (χ2n) is 7.89. The highest BCUT2D eigenvalue weighted by molar-refractivity contribution is 5.90. The number of ether oxygens (including phenoxy) is 1. The summed E-state index contributed by atoms with van der Waals surface area (Å²) in [5.74, 6) is 0.473. The number of allylic oxidation sites excluding steroid dienone is 1. The molecule has 2 nitrogen and oxygen atoms in total. The number of carbonyl (C=O) groups excluding carboxylic acids is 1. The molecule has 0 radical (unpaired) electrons. The maximum absolute atomic E-state index is 12.5. The molecule has 2 aliphatic carbocycles. The van der Waals surface area contributed by atoms with Gasteiger partial charge in [-0.25, -0.2) is 4.79 Å². The molecule has 0 aromatic rings. The summed E-state index contributed by atoms with van der Waals surface area (Å²) in [6.07, 6.45) is 13.5. The van der Waals surface area contributed by atoms with Gasteiger partial charge in [-0.1, -0.05) is 59.0 Å². The molecular weight excluding hydrogens is 260 g/mol. The Morgan fingerprint density at radius 2 is 1.62 bits per heavy atom. The number of rotatable bonds is 3. The van der Waals surface area contributed by atoms with Crippen molar-refractivity contribution in [2.45, 2.75) is 78.6 Å². The van der Waals surface area contributed by atoms with E-state index in [0.717, 1.165) is 12.0 Å². The Labute approximate surface area is 130 Å². The molecule has 2 rings (SSSR count). The smallest absolute Gasteiger partial charge is 0.333 e. The SMILES string of the molecule is COC(=O)C(=CC1CCCCC1)C1(C)CCCCC1(C)C. The van der Waals surface area contributed by atoms with Gasteiger partial charge in [-0.3, -0.25) is 0 Å². The lowest BCUT2D eigenvalue weighted by Gasteiger charge is -2.49. The number of carbonyl (C=O) groups is 1. The molecule has 0 N–H and O–H groups in total. The minimum atomic E-state index is -0.0990. The van der Waals surface area contributed by atoms with E-state index < -0.39 is 0 Å². The second-order valence-corrected chi connectivity index (χ2v) is 7.89. The zero-order valence-electron chi connectivity index (χ0n) is 14.3. The lowest BCUT2D eigenvalue weighted by Crippen LogP contribution is -2.42. The second kappa shape index (κ2) is 6.54. The molecule has 0 heterocycles. The van der Waals surface area contributed by atoms with Crippen molar-refractivity contribution in [2.75, 3.05) is 7.11 Å². The highest BCUT2D eigenvalue weighted by Gasteiger charge is 2.47. The van der Waals surface area contributed by atoms with E-state index in [-0.39, 0.29) is 16.8 Å². The minimum absolute atomic E-state index is 0.0458. The summed E-state index contributed by atoms with van der Waals surface area (Å²) in [5.41, 5.74) is 1.08. The first-order valence-corrected chi connectivity index (χ1v) is 8.71. The molecule has 2 saturated carbocycles. The maximum atomic E-state index is 12.5. The Hall–Kier alpha value is -0.790. The van der Waals surface area contributed by atoms with E-state index in [4.69, 9.17) is 4.74 Å². The fourth-order valence-electron chi connectivity index (χ4n) is 4.28. The zero-order valence-corrected chi connectivity index (χ0v) is 14.3. The van der Waals surface area contributed by atoms with Crippen LogP contribution < -0.4 is 0 Å². The molecule has 0 amide bonds. The van der Waals surface area contributed by atoms with Gasteiger partial charge in [-0.15, -0.1) is 0 Å². The zero-order chi connectivity index (χ0) is 15.5. The average molecular weight is 292 g/mol. The van der Waals surface area contributed by atoms with Gasteiger partial charge in [0.1, 0.15) is 0 Å². The quantitative estimate of drug-likeness (QED) is 0.523. The fraction of sp³-hybridized carbons (Fsp3) is 0.842. The molecule has 0 aromatic heterocycles. The maximum Gasteiger partial charge on any atom is 0.333 e. The molecule has 1 unspecified atom stereocenters. The van der Waals surface area contributed by atoms with Crippen LogP contribution >= 0.6 is 0 Å². The van der Waals surface area contributed by atoms with Crippen LogP contribution in [0, 0.1) is 16.7 Å². The van der Waals surface area contributed by atoms with Crippen molar-refractivity contribution in [2.24, 2.45) is 16.7 Å². The minimum Gasteiger partial charge on any atom is -0.466 e. The summed E-state index contributed by atoms with van der Waals surface area (Å²) in [6, 6.07) is 0. The van der Waals surface area contributed by atoms with Crippen molar-refractivity contribution < 1.29 is 9.53 Å². The van der Waals surface area contributed by atoms with Crippen molar-refractivity contribution >= 4 is 5.97 Å². The summed E-state index contributed by atoms with van der Waals surface area (Å²) in [5, 5.41) is 0. The molecule has 2 heteroatoms. The summed E-state index contributed by atoms with van der Waals surface area (Å²) in [7, 11) is 1.52.